The van der Waals surface area contributed by atoms with Crippen LogP contribution in [0.1, 0.15) is 54.8 Å². The third-order valence-corrected chi connectivity index (χ3v) is 3.93. The molecule has 1 atom stereocenters. The van der Waals surface area contributed by atoms with Crippen molar-refractivity contribution in [1.82, 2.24) is 0 Å². The summed E-state index contributed by atoms with van der Waals surface area (Å²) in [5.41, 5.74) is -0.0793. The Hall–Kier alpha value is -1.11. The predicted octanol–water partition coefficient (Wildman–Crippen LogP) is 3.97. The molecule has 0 aromatic heterocycles. The number of carbonyl (C=O) groups is 2. The van der Waals surface area contributed by atoms with E-state index in [0.717, 1.165) is 0 Å². The normalized spacial score (nSPS) is 12.8. The molecule has 0 saturated carbocycles. The third-order valence-electron chi connectivity index (χ3n) is 3.03. The molecule has 0 saturated heterocycles. The average molecular weight is 390 g/mol. The molecule has 0 aliphatic carbocycles. The molecule has 0 fully saturated rings. The van der Waals surface area contributed by atoms with Gasteiger partial charge >= 0.3 is 11.9 Å². The lowest BCUT2D eigenvalue weighted by Crippen LogP contribution is -2.31. The minimum absolute atomic E-state index is 0.00172. The van der Waals surface area contributed by atoms with Gasteiger partial charge in [-0.3, -0.25) is 0 Å². The first-order chi connectivity index (χ1) is 9.18. The lowest BCUT2D eigenvalue weighted by Gasteiger charge is -2.29. The molecule has 1 rings (SSSR count). The first-order valence-corrected chi connectivity index (χ1v) is 7.49. The largest absolute Gasteiger partial charge is 0.478 e. The van der Waals surface area contributed by atoms with Crippen molar-refractivity contribution in [2.75, 3.05) is 0 Å². The molecule has 1 N–H and O–H groups in total. The maximum Gasteiger partial charge on any atom is 0.339 e. The number of esters is 1. The van der Waals surface area contributed by atoms with Crippen molar-refractivity contribution in [1.29, 1.82) is 0 Å². The molecule has 4 nitrogen and oxygen atoms in total. The van der Waals surface area contributed by atoms with E-state index in [1.165, 1.54) is 6.07 Å². The van der Waals surface area contributed by atoms with Crippen LogP contribution in [0.5, 0.6) is 0 Å². The molecule has 110 valence electrons. The number of hydrogen-bond acceptors (Lipinski definition) is 3. The summed E-state index contributed by atoms with van der Waals surface area (Å²) in [6.45, 7) is 7.90. The third kappa shape index (κ3) is 3.94. The highest BCUT2D eigenvalue weighted by atomic mass is 127. The second-order valence-electron chi connectivity index (χ2n) is 5.64. The summed E-state index contributed by atoms with van der Waals surface area (Å²) in [6, 6.07) is 4.80. The average Bonchev–Trinajstić information content (AvgIpc) is 2.33. The highest BCUT2D eigenvalue weighted by Crippen LogP contribution is 2.27. The zero-order chi connectivity index (χ0) is 15.5. The second kappa shape index (κ2) is 6.56. The Morgan fingerprint density at radius 3 is 2.40 bits per heavy atom. The molecule has 0 radical (unpaired) electrons. The minimum atomic E-state index is -1.12. The van der Waals surface area contributed by atoms with Crippen molar-refractivity contribution in [3.8, 4) is 0 Å². The summed E-state index contributed by atoms with van der Waals surface area (Å²) in [4.78, 5) is 23.5. The van der Waals surface area contributed by atoms with Crippen LogP contribution in [0.15, 0.2) is 18.2 Å². The van der Waals surface area contributed by atoms with Crippen molar-refractivity contribution < 1.29 is 19.4 Å². The Morgan fingerprint density at radius 2 is 1.95 bits per heavy atom. The van der Waals surface area contributed by atoms with Crippen molar-refractivity contribution >= 4 is 34.5 Å². The highest BCUT2D eigenvalue weighted by molar-refractivity contribution is 14.1. The molecule has 0 bridgehead atoms. The van der Waals surface area contributed by atoms with E-state index in [9.17, 15) is 14.7 Å². The number of aromatic carboxylic acids is 1. The molecule has 0 aliphatic rings. The monoisotopic (exact) mass is 390 g/mol. The lowest BCUT2D eigenvalue weighted by atomic mass is 9.87. The summed E-state index contributed by atoms with van der Waals surface area (Å²) in [6.07, 6.45) is 0.427. The second-order valence-corrected chi connectivity index (χ2v) is 6.80. The smallest absolute Gasteiger partial charge is 0.339 e. The molecule has 0 heterocycles. The number of carboxylic acids is 1. The number of benzene rings is 1. The number of rotatable bonds is 4. The Labute approximate surface area is 132 Å². The van der Waals surface area contributed by atoms with Crippen LogP contribution in [0.3, 0.4) is 0 Å². The van der Waals surface area contributed by atoms with Crippen LogP contribution in [0, 0.1) is 8.99 Å². The zero-order valence-corrected chi connectivity index (χ0v) is 14.2. The number of carbonyl (C=O) groups excluding carboxylic acids is 1. The zero-order valence-electron chi connectivity index (χ0n) is 12.1. The lowest BCUT2D eigenvalue weighted by molar-refractivity contribution is -0.00429. The van der Waals surface area contributed by atoms with Gasteiger partial charge in [0, 0.05) is 3.57 Å². The van der Waals surface area contributed by atoms with Gasteiger partial charge in [-0.2, -0.15) is 0 Å². The van der Waals surface area contributed by atoms with Crippen molar-refractivity contribution in [3.63, 3.8) is 0 Å². The Kier molecular flexibility index (Phi) is 5.56. The van der Waals surface area contributed by atoms with E-state index in [0.29, 0.717) is 9.99 Å². The van der Waals surface area contributed by atoms with Crippen LogP contribution in [-0.4, -0.2) is 23.1 Å². The van der Waals surface area contributed by atoms with Gasteiger partial charge in [0.2, 0.25) is 0 Å². The van der Waals surface area contributed by atoms with E-state index in [4.69, 9.17) is 4.74 Å². The molecule has 20 heavy (non-hydrogen) atoms. The van der Waals surface area contributed by atoms with Gasteiger partial charge in [-0.15, -0.1) is 0 Å². The van der Waals surface area contributed by atoms with Crippen LogP contribution in [0.2, 0.25) is 0 Å². The predicted molar refractivity (Wildman–Crippen MR) is 85.1 cm³/mol. The Morgan fingerprint density at radius 1 is 1.35 bits per heavy atom. The quantitative estimate of drug-likeness (QED) is 0.624. The summed E-state index contributed by atoms with van der Waals surface area (Å²) >= 11 is 1.91. The van der Waals surface area contributed by atoms with Gasteiger partial charge in [0.1, 0.15) is 6.10 Å². The van der Waals surface area contributed by atoms with E-state index in [2.05, 4.69) is 0 Å². The Bertz CT molecular complexity index is 517. The molecular formula is C15H19IO4. The van der Waals surface area contributed by atoms with Crippen LogP contribution in [0.4, 0.5) is 0 Å². The number of hydrogen-bond donors (Lipinski definition) is 1. The van der Waals surface area contributed by atoms with E-state index in [1.807, 2.05) is 50.3 Å². The van der Waals surface area contributed by atoms with Gasteiger partial charge in [0.15, 0.2) is 0 Å². The topological polar surface area (TPSA) is 63.6 Å². The Balaban J connectivity index is 3.10. The minimum Gasteiger partial charge on any atom is -0.478 e. The van der Waals surface area contributed by atoms with Crippen molar-refractivity contribution in [2.45, 2.75) is 40.2 Å². The molecular weight excluding hydrogens is 371 g/mol. The summed E-state index contributed by atoms with van der Waals surface area (Å²) in [5.74, 6) is -1.70. The fourth-order valence-electron chi connectivity index (χ4n) is 1.98. The fourth-order valence-corrected chi connectivity index (χ4v) is 2.71. The fraction of sp³-hybridized carbons (Fsp3) is 0.467. The van der Waals surface area contributed by atoms with E-state index in [1.54, 1.807) is 12.1 Å². The van der Waals surface area contributed by atoms with Crippen LogP contribution >= 0.6 is 22.6 Å². The summed E-state index contributed by atoms with van der Waals surface area (Å²) < 4.78 is 6.01. The van der Waals surface area contributed by atoms with Crippen molar-refractivity contribution in [3.05, 3.63) is 32.9 Å². The molecule has 1 aromatic carbocycles. The van der Waals surface area contributed by atoms with Crippen LogP contribution < -0.4 is 0 Å². The summed E-state index contributed by atoms with van der Waals surface area (Å²) in [5, 5.41) is 9.23. The molecule has 0 aliphatic heterocycles. The van der Waals surface area contributed by atoms with Crippen LogP contribution in [0.25, 0.3) is 0 Å². The van der Waals surface area contributed by atoms with Gasteiger partial charge in [0.05, 0.1) is 11.1 Å². The van der Waals surface area contributed by atoms with Gasteiger partial charge in [-0.05, 0) is 46.6 Å². The number of ether oxygens (including phenoxy) is 1. The first kappa shape index (κ1) is 16.9. The van der Waals surface area contributed by atoms with Crippen LogP contribution in [-0.2, 0) is 4.74 Å². The van der Waals surface area contributed by atoms with Crippen molar-refractivity contribution in [2.24, 2.45) is 5.41 Å². The van der Waals surface area contributed by atoms with Gasteiger partial charge in [0.25, 0.3) is 0 Å². The van der Waals surface area contributed by atoms with Gasteiger partial charge in [-0.1, -0.05) is 33.8 Å². The summed E-state index contributed by atoms with van der Waals surface area (Å²) in [7, 11) is 0. The maximum absolute atomic E-state index is 12.2. The van der Waals surface area contributed by atoms with E-state index >= 15 is 0 Å². The molecule has 1 unspecified atom stereocenters. The van der Waals surface area contributed by atoms with Gasteiger partial charge in [-0.25, -0.2) is 9.59 Å². The maximum atomic E-state index is 12.2. The molecule has 0 spiro atoms. The number of halogens is 1. The first-order valence-electron chi connectivity index (χ1n) is 6.41. The standard InChI is InChI=1S/C15H19IO4/c1-5-11(15(2,3)4)20-14(19)9-7-6-8-10(16)12(9)13(17)18/h6-8,11H,5H2,1-4H3,(H,17,18). The van der Waals surface area contributed by atoms with E-state index in [-0.39, 0.29) is 22.6 Å². The van der Waals surface area contributed by atoms with E-state index < -0.39 is 11.9 Å². The molecule has 5 heteroatoms. The van der Waals surface area contributed by atoms with Gasteiger partial charge < -0.3 is 9.84 Å². The molecule has 1 aromatic rings. The number of carboxylic acid groups (broad SMARTS) is 1. The highest BCUT2D eigenvalue weighted by Gasteiger charge is 2.29. The molecule has 0 amide bonds. The SMILES string of the molecule is CCC(OC(=O)c1cccc(I)c1C(=O)O)C(C)(C)C.